The SMILES string of the molecule is COS(=O)(=O)c1ccc(C)cc1-c1cc(C(C)C)on1. The Labute approximate surface area is 118 Å². The van der Waals surface area contributed by atoms with Gasteiger partial charge in [0.1, 0.15) is 16.3 Å². The van der Waals surface area contributed by atoms with E-state index >= 15 is 0 Å². The van der Waals surface area contributed by atoms with E-state index in [4.69, 9.17) is 4.52 Å². The third-order valence-corrected chi connectivity index (χ3v) is 4.33. The average Bonchev–Trinajstić information content (AvgIpc) is 2.88. The van der Waals surface area contributed by atoms with Crippen molar-refractivity contribution in [3.63, 3.8) is 0 Å². The van der Waals surface area contributed by atoms with Crippen LogP contribution in [0.2, 0.25) is 0 Å². The number of rotatable bonds is 4. The van der Waals surface area contributed by atoms with Gasteiger partial charge in [0.15, 0.2) is 0 Å². The molecule has 0 unspecified atom stereocenters. The van der Waals surface area contributed by atoms with Gasteiger partial charge in [-0.25, -0.2) is 0 Å². The Balaban J connectivity index is 2.63. The summed E-state index contributed by atoms with van der Waals surface area (Å²) in [6, 6.07) is 6.76. The summed E-state index contributed by atoms with van der Waals surface area (Å²) in [5.74, 6) is 0.894. The lowest BCUT2D eigenvalue weighted by Crippen LogP contribution is -2.05. The summed E-state index contributed by atoms with van der Waals surface area (Å²) in [5, 5.41) is 3.96. The molecule has 108 valence electrons. The van der Waals surface area contributed by atoms with Gasteiger partial charge in [0.05, 0.1) is 7.11 Å². The van der Waals surface area contributed by atoms with Gasteiger partial charge in [0.25, 0.3) is 10.1 Å². The molecule has 0 fully saturated rings. The first-order chi connectivity index (χ1) is 9.35. The van der Waals surface area contributed by atoms with Gasteiger partial charge < -0.3 is 4.52 Å². The van der Waals surface area contributed by atoms with E-state index in [1.165, 1.54) is 6.07 Å². The monoisotopic (exact) mass is 295 g/mol. The molecule has 0 saturated carbocycles. The second kappa shape index (κ2) is 5.38. The highest BCUT2D eigenvalue weighted by Gasteiger charge is 2.21. The lowest BCUT2D eigenvalue weighted by Gasteiger charge is -2.07. The van der Waals surface area contributed by atoms with Crippen molar-refractivity contribution in [1.29, 1.82) is 0 Å². The van der Waals surface area contributed by atoms with Crippen LogP contribution in [0.3, 0.4) is 0 Å². The fraction of sp³-hybridized carbons (Fsp3) is 0.357. The first-order valence-electron chi connectivity index (χ1n) is 6.23. The van der Waals surface area contributed by atoms with Gasteiger partial charge in [-0.3, -0.25) is 4.18 Å². The summed E-state index contributed by atoms with van der Waals surface area (Å²) in [5.41, 5.74) is 1.92. The van der Waals surface area contributed by atoms with Gasteiger partial charge in [-0.15, -0.1) is 0 Å². The Kier molecular flexibility index (Phi) is 3.96. The second-order valence-corrected chi connectivity index (χ2v) is 6.57. The number of aromatic nitrogens is 1. The highest BCUT2D eigenvalue weighted by molar-refractivity contribution is 7.86. The summed E-state index contributed by atoms with van der Waals surface area (Å²) in [7, 11) is -2.65. The molecule has 1 heterocycles. The van der Waals surface area contributed by atoms with Crippen LogP contribution < -0.4 is 0 Å². The van der Waals surface area contributed by atoms with E-state index in [0.717, 1.165) is 12.7 Å². The molecule has 0 radical (unpaired) electrons. The molecule has 0 amide bonds. The van der Waals surface area contributed by atoms with Crippen LogP contribution in [0, 0.1) is 6.92 Å². The number of benzene rings is 1. The van der Waals surface area contributed by atoms with Gasteiger partial charge in [-0.1, -0.05) is 30.6 Å². The van der Waals surface area contributed by atoms with Crippen LogP contribution in [0.15, 0.2) is 33.7 Å². The minimum Gasteiger partial charge on any atom is -0.361 e. The largest absolute Gasteiger partial charge is 0.361 e. The number of hydrogen-bond acceptors (Lipinski definition) is 5. The maximum absolute atomic E-state index is 12.0. The number of aryl methyl sites for hydroxylation is 1. The summed E-state index contributed by atoms with van der Waals surface area (Å²) < 4.78 is 33.8. The topological polar surface area (TPSA) is 69.4 Å². The van der Waals surface area contributed by atoms with Gasteiger partial charge in [-0.05, 0) is 19.1 Å². The van der Waals surface area contributed by atoms with Crippen molar-refractivity contribution < 1.29 is 17.1 Å². The zero-order valence-corrected chi connectivity index (χ0v) is 12.7. The molecular formula is C14H17NO4S. The highest BCUT2D eigenvalue weighted by Crippen LogP contribution is 2.30. The van der Waals surface area contributed by atoms with Crippen molar-refractivity contribution >= 4 is 10.1 Å². The predicted octanol–water partition coefficient (Wildman–Crippen LogP) is 3.11. The molecule has 2 aromatic rings. The average molecular weight is 295 g/mol. The molecule has 0 saturated heterocycles. The van der Waals surface area contributed by atoms with E-state index in [-0.39, 0.29) is 10.8 Å². The zero-order valence-electron chi connectivity index (χ0n) is 11.9. The van der Waals surface area contributed by atoms with E-state index in [9.17, 15) is 8.42 Å². The van der Waals surface area contributed by atoms with Crippen LogP contribution in [0.25, 0.3) is 11.3 Å². The van der Waals surface area contributed by atoms with Gasteiger partial charge >= 0.3 is 0 Å². The molecule has 1 aromatic heterocycles. The maximum Gasteiger partial charge on any atom is 0.297 e. The minimum absolute atomic E-state index is 0.0919. The number of nitrogens with zero attached hydrogens (tertiary/aromatic N) is 1. The van der Waals surface area contributed by atoms with E-state index in [1.54, 1.807) is 18.2 Å². The summed E-state index contributed by atoms with van der Waals surface area (Å²) in [6.07, 6.45) is 0. The summed E-state index contributed by atoms with van der Waals surface area (Å²) in [6.45, 7) is 5.84. The molecule has 2 rings (SSSR count). The fourth-order valence-corrected chi connectivity index (χ4v) is 2.69. The molecule has 0 bridgehead atoms. The van der Waals surface area contributed by atoms with Gasteiger partial charge in [-0.2, -0.15) is 8.42 Å². The van der Waals surface area contributed by atoms with E-state index in [2.05, 4.69) is 9.34 Å². The Hall–Kier alpha value is -1.66. The van der Waals surface area contributed by atoms with Crippen LogP contribution in [0.1, 0.15) is 31.1 Å². The van der Waals surface area contributed by atoms with Gasteiger partial charge in [0, 0.05) is 17.5 Å². The Morgan fingerprint density at radius 1 is 1.25 bits per heavy atom. The van der Waals surface area contributed by atoms with Gasteiger partial charge in [0.2, 0.25) is 0 Å². The molecule has 0 aliphatic carbocycles. The van der Waals surface area contributed by atoms with Crippen LogP contribution in [0.4, 0.5) is 0 Å². The van der Waals surface area contributed by atoms with Crippen LogP contribution in [-0.2, 0) is 14.3 Å². The molecule has 20 heavy (non-hydrogen) atoms. The fourth-order valence-electron chi connectivity index (χ4n) is 1.84. The van der Waals surface area contributed by atoms with Crippen molar-refractivity contribution in [2.24, 2.45) is 0 Å². The lowest BCUT2D eigenvalue weighted by molar-refractivity contribution is 0.372. The molecule has 1 aromatic carbocycles. The van der Waals surface area contributed by atoms with Crippen molar-refractivity contribution in [2.75, 3.05) is 7.11 Å². The zero-order chi connectivity index (χ0) is 14.9. The van der Waals surface area contributed by atoms with Crippen molar-refractivity contribution in [3.05, 3.63) is 35.6 Å². The second-order valence-electron chi connectivity index (χ2n) is 4.89. The van der Waals surface area contributed by atoms with Crippen LogP contribution in [-0.4, -0.2) is 20.7 Å². The quantitative estimate of drug-likeness (QED) is 0.811. The Morgan fingerprint density at radius 3 is 2.50 bits per heavy atom. The first-order valence-corrected chi connectivity index (χ1v) is 7.64. The standard InChI is InChI=1S/C14H17NO4S/c1-9(2)13-8-12(15-19-13)11-7-10(3)5-6-14(11)20(16,17)18-4/h5-9H,1-4H3. The predicted molar refractivity (Wildman–Crippen MR) is 75.0 cm³/mol. The molecule has 0 aliphatic heterocycles. The van der Waals surface area contributed by atoms with Crippen molar-refractivity contribution in [3.8, 4) is 11.3 Å². The minimum atomic E-state index is -3.79. The first kappa shape index (κ1) is 14.7. The van der Waals surface area contributed by atoms with Crippen molar-refractivity contribution in [2.45, 2.75) is 31.6 Å². The molecule has 0 spiro atoms. The van der Waals surface area contributed by atoms with E-state index < -0.39 is 10.1 Å². The normalized spacial score (nSPS) is 12.1. The highest BCUT2D eigenvalue weighted by atomic mass is 32.2. The molecule has 6 heteroatoms. The van der Waals surface area contributed by atoms with Crippen LogP contribution in [0.5, 0.6) is 0 Å². The lowest BCUT2D eigenvalue weighted by atomic mass is 10.1. The van der Waals surface area contributed by atoms with Crippen molar-refractivity contribution in [1.82, 2.24) is 5.16 Å². The third-order valence-electron chi connectivity index (χ3n) is 3.00. The van der Waals surface area contributed by atoms with Crippen LogP contribution >= 0.6 is 0 Å². The smallest absolute Gasteiger partial charge is 0.297 e. The molecule has 0 atom stereocenters. The maximum atomic E-state index is 12.0. The molecule has 0 aliphatic rings. The van der Waals surface area contributed by atoms with E-state index in [1.807, 2.05) is 20.8 Å². The summed E-state index contributed by atoms with van der Waals surface area (Å²) in [4.78, 5) is 0.0919. The van der Waals surface area contributed by atoms with E-state index in [0.29, 0.717) is 17.0 Å². The molecule has 5 nitrogen and oxygen atoms in total. The third kappa shape index (κ3) is 2.76. The summed E-state index contributed by atoms with van der Waals surface area (Å²) >= 11 is 0. The molecular weight excluding hydrogens is 278 g/mol. The Bertz CT molecular complexity index is 717. The number of hydrogen-bond donors (Lipinski definition) is 0. The molecule has 0 N–H and O–H groups in total. The Morgan fingerprint density at radius 2 is 1.95 bits per heavy atom.